The first-order chi connectivity index (χ1) is 14.7. The maximum absolute atomic E-state index is 13.0. The van der Waals surface area contributed by atoms with Crippen molar-refractivity contribution < 1.29 is 18.0 Å². The Kier molecular flexibility index (Phi) is 7.59. The third-order valence-corrected chi connectivity index (χ3v) is 7.56. The van der Waals surface area contributed by atoms with E-state index in [-0.39, 0.29) is 22.0 Å². The van der Waals surface area contributed by atoms with Gasteiger partial charge >= 0.3 is 0 Å². The third-order valence-electron chi connectivity index (χ3n) is 4.95. The smallest absolute Gasteiger partial charge is 0.254 e. The van der Waals surface area contributed by atoms with Gasteiger partial charge in [-0.1, -0.05) is 35.7 Å². The van der Waals surface area contributed by atoms with Crippen LogP contribution in [-0.2, 0) is 14.8 Å². The highest BCUT2D eigenvalue weighted by Crippen LogP contribution is 2.28. The summed E-state index contributed by atoms with van der Waals surface area (Å²) in [5.41, 5.74) is 0.651. The van der Waals surface area contributed by atoms with Crippen molar-refractivity contribution in [2.45, 2.75) is 24.2 Å². The quantitative estimate of drug-likeness (QED) is 0.675. The highest BCUT2D eigenvalue weighted by Gasteiger charge is 2.29. The molecule has 0 aliphatic carbocycles. The van der Waals surface area contributed by atoms with Gasteiger partial charge in [0, 0.05) is 36.4 Å². The number of nitrogens with zero attached hydrogens (tertiary/aromatic N) is 2. The number of piperidine rings is 1. The summed E-state index contributed by atoms with van der Waals surface area (Å²) in [6.45, 7) is 0.642. The minimum Gasteiger partial charge on any atom is -0.332 e. The van der Waals surface area contributed by atoms with Crippen LogP contribution in [0.4, 0.5) is 5.69 Å². The second-order valence-electron chi connectivity index (χ2n) is 7.33. The van der Waals surface area contributed by atoms with Crippen molar-refractivity contribution in [3.05, 3.63) is 58.1 Å². The maximum atomic E-state index is 13.0. The molecular weight excluding hydrogens is 461 g/mol. The second-order valence-corrected chi connectivity index (χ2v) is 10.1. The summed E-state index contributed by atoms with van der Waals surface area (Å²) < 4.78 is 27.4. The van der Waals surface area contributed by atoms with Crippen LogP contribution in [0.1, 0.15) is 29.6 Å². The van der Waals surface area contributed by atoms with Crippen LogP contribution in [0, 0.1) is 0 Å². The van der Waals surface area contributed by atoms with Crippen LogP contribution in [0.3, 0.4) is 0 Å². The largest absolute Gasteiger partial charge is 0.332 e. The molecule has 1 aliphatic heterocycles. The molecule has 2 amide bonds. The average molecular weight is 484 g/mol. The van der Waals surface area contributed by atoms with Crippen molar-refractivity contribution in [3.8, 4) is 0 Å². The van der Waals surface area contributed by atoms with Crippen LogP contribution < -0.4 is 5.32 Å². The molecule has 1 aliphatic rings. The molecule has 7 nitrogen and oxygen atoms in total. The molecule has 0 spiro atoms. The van der Waals surface area contributed by atoms with E-state index < -0.39 is 21.8 Å². The molecule has 31 heavy (non-hydrogen) atoms. The van der Waals surface area contributed by atoms with Gasteiger partial charge in [-0.05, 0) is 49.2 Å². The first-order valence-corrected chi connectivity index (χ1v) is 12.0. The standard InChI is InChI=1S/C21H23Cl2N3O4S/c1-25(14-20(27)24-17-7-5-6-16(22)13-17)21(28)15-8-9-18(23)19(12-15)31(29,30)26-10-3-2-4-11-26/h5-9,12-13H,2-4,10-11,14H2,1H3,(H,24,27). The number of nitrogens with one attached hydrogen (secondary N) is 1. The van der Waals surface area contributed by atoms with Crippen LogP contribution in [0.5, 0.6) is 0 Å². The molecule has 0 radical (unpaired) electrons. The Balaban J connectivity index is 1.73. The number of sulfonamides is 1. The number of benzene rings is 2. The van der Waals surface area contributed by atoms with Crippen LogP contribution >= 0.6 is 23.2 Å². The van der Waals surface area contributed by atoms with Crippen LogP contribution in [0.2, 0.25) is 10.0 Å². The number of amides is 2. The van der Waals surface area contributed by atoms with Crippen molar-refractivity contribution in [2.24, 2.45) is 0 Å². The maximum Gasteiger partial charge on any atom is 0.254 e. The summed E-state index contributed by atoms with van der Waals surface area (Å²) in [7, 11) is -2.34. The molecule has 0 bridgehead atoms. The van der Waals surface area contributed by atoms with Gasteiger partial charge < -0.3 is 10.2 Å². The Bertz CT molecular complexity index is 1090. The zero-order valence-electron chi connectivity index (χ0n) is 17.0. The van der Waals surface area contributed by atoms with Gasteiger partial charge in [0.25, 0.3) is 5.91 Å². The lowest BCUT2D eigenvalue weighted by atomic mass is 10.2. The lowest BCUT2D eigenvalue weighted by Gasteiger charge is -2.26. The normalized spacial score (nSPS) is 14.8. The van der Waals surface area contributed by atoms with Gasteiger partial charge in [0.2, 0.25) is 15.9 Å². The van der Waals surface area contributed by atoms with E-state index in [2.05, 4.69) is 5.32 Å². The molecule has 1 saturated heterocycles. The first kappa shape index (κ1) is 23.5. The summed E-state index contributed by atoms with van der Waals surface area (Å²) in [6.07, 6.45) is 2.57. The Morgan fingerprint density at radius 2 is 1.77 bits per heavy atom. The molecule has 10 heteroatoms. The number of carbonyl (C=O) groups is 2. The Hall–Kier alpha value is -2.13. The lowest BCUT2D eigenvalue weighted by molar-refractivity contribution is -0.116. The molecule has 3 rings (SSSR count). The molecule has 0 saturated carbocycles. The SMILES string of the molecule is CN(CC(=O)Nc1cccc(Cl)c1)C(=O)c1ccc(Cl)c(S(=O)(=O)N2CCCCC2)c1. The minimum atomic E-state index is -3.80. The van der Waals surface area contributed by atoms with E-state index in [4.69, 9.17) is 23.2 Å². The van der Waals surface area contributed by atoms with Gasteiger partial charge in [-0.3, -0.25) is 9.59 Å². The molecule has 1 fully saturated rings. The van der Waals surface area contributed by atoms with E-state index in [0.29, 0.717) is 23.8 Å². The minimum absolute atomic E-state index is 0.0588. The summed E-state index contributed by atoms with van der Waals surface area (Å²) >= 11 is 12.1. The topological polar surface area (TPSA) is 86.8 Å². The zero-order valence-corrected chi connectivity index (χ0v) is 19.3. The number of halogens is 2. The van der Waals surface area contributed by atoms with Crippen LogP contribution in [0.15, 0.2) is 47.4 Å². The van der Waals surface area contributed by atoms with E-state index in [1.165, 1.54) is 34.5 Å². The van der Waals surface area contributed by atoms with E-state index in [0.717, 1.165) is 19.3 Å². The Morgan fingerprint density at radius 1 is 1.06 bits per heavy atom. The van der Waals surface area contributed by atoms with Crippen LogP contribution in [-0.4, -0.2) is 56.1 Å². The van der Waals surface area contributed by atoms with Gasteiger partial charge in [-0.25, -0.2) is 8.42 Å². The predicted molar refractivity (Wildman–Crippen MR) is 121 cm³/mol. The molecule has 2 aromatic rings. The molecule has 0 aromatic heterocycles. The average Bonchev–Trinajstić information content (AvgIpc) is 2.74. The third kappa shape index (κ3) is 5.77. The van der Waals surface area contributed by atoms with Crippen molar-refractivity contribution >= 4 is 50.7 Å². The van der Waals surface area contributed by atoms with E-state index in [9.17, 15) is 18.0 Å². The van der Waals surface area contributed by atoms with Gasteiger partial charge in [-0.15, -0.1) is 0 Å². The van der Waals surface area contributed by atoms with Crippen molar-refractivity contribution in [2.75, 3.05) is 32.0 Å². The Morgan fingerprint density at radius 3 is 2.45 bits per heavy atom. The summed E-state index contributed by atoms with van der Waals surface area (Å²) in [4.78, 5) is 26.2. The molecule has 1 N–H and O–H groups in total. The number of anilines is 1. The summed E-state index contributed by atoms with van der Waals surface area (Å²) in [5.74, 6) is -0.902. The highest BCUT2D eigenvalue weighted by atomic mass is 35.5. The molecular formula is C21H23Cl2N3O4S. The van der Waals surface area contributed by atoms with Crippen molar-refractivity contribution in [1.29, 1.82) is 0 Å². The lowest BCUT2D eigenvalue weighted by Crippen LogP contribution is -2.36. The monoisotopic (exact) mass is 483 g/mol. The number of rotatable bonds is 6. The van der Waals surface area contributed by atoms with Crippen molar-refractivity contribution in [1.82, 2.24) is 9.21 Å². The predicted octanol–water partition coefficient (Wildman–Crippen LogP) is 3.88. The number of hydrogen-bond acceptors (Lipinski definition) is 4. The molecule has 166 valence electrons. The molecule has 0 atom stereocenters. The van der Waals surface area contributed by atoms with Crippen LogP contribution in [0.25, 0.3) is 0 Å². The van der Waals surface area contributed by atoms with E-state index >= 15 is 0 Å². The summed E-state index contributed by atoms with van der Waals surface area (Å²) in [5, 5.41) is 3.20. The summed E-state index contributed by atoms with van der Waals surface area (Å²) in [6, 6.07) is 10.8. The van der Waals surface area contributed by atoms with Gasteiger partial charge in [0.05, 0.1) is 11.6 Å². The van der Waals surface area contributed by atoms with Gasteiger partial charge in [0.1, 0.15) is 4.90 Å². The van der Waals surface area contributed by atoms with E-state index in [1.54, 1.807) is 24.3 Å². The van der Waals surface area contributed by atoms with E-state index in [1.807, 2.05) is 0 Å². The fraction of sp³-hybridized carbons (Fsp3) is 0.333. The Labute approximate surface area is 192 Å². The second kappa shape index (κ2) is 9.99. The highest BCUT2D eigenvalue weighted by molar-refractivity contribution is 7.89. The fourth-order valence-corrected chi connectivity index (χ4v) is 5.56. The van der Waals surface area contributed by atoms with Gasteiger partial charge in [0.15, 0.2) is 0 Å². The zero-order chi connectivity index (χ0) is 22.6. The van der Waals surface area contributed by atoms with Crippen molar-refractivity contribution in [3.63, 3.8) is 0 Å². The number of carbonyl (C=O) groups excluding carboxylic acids is 2. The first-order valence-electron chi connectivity index (χ1n) is 9.79. The molecule has 0 unspecified atom stereocenters. The van der Waals surface area contributed by atoms with Gasteiger partial charge in [-0.2, -0.15) is 4.31 Å². The number of likely N-dealkylation sites (N-methyl/N-ethyl adjacent to an activating group) is 1. The molecule has 1 heterocycles. The number of hydrogen-bond donors (Lipinski definition) is 1. The fourth-order valence-electron chi connectivity index (χ4n) is 3.35. The molecule has 2 aromatic carbocycles.